The molecule has 2 heterocycles. The van der Waals surface area contributed by atoms with Gasteiger partial charge in [-0.1, -0.05) is 43.3 Å². The molecule has 1 atom stereocenters. The van der Waals surface area contributed by atoms with Crippen LogP contribution in [-0.4, -0.2) is 29.1 Å². The largest absolute Gasteiger partial charge is 0.356 e. The molecule has 0 saturated heterocycles. The second-order valence-corrected chi connectivity index (χ2v) is 8.00. The predicted molar refractivity (Wildman–Crippen MR) is 118 cm³/mol. The third-order valence-electron chi connectivity index (χ3n) is 4.67. The summed E-state index contributed by atoms with van der Waals surface area (Å²) in [7, 11) is 1.81. The third kappa shape index (κ3) is 6.23. The molecular weight excluding hydrogens is 366 g/mol. The van der Waals surface area contributed by atoms with Crippen molar-refractivity contribution in [3.8, 4) is 0 Å². The molecule has 0 fully saturated rings. The Hall–Kier alpha value is -2.60. The van der Waals surface area contributed by atoms with Gasteiger partial charge in [-0.15, -0.1) is 11.3 Å². The number of aliphatic imine (C=N–C) groups is 1. The Morgan fingerprint density at radius 1 is 1.18 bits per heavy atom. The molecule has 148 valence electrons. The highest BCUT2D eigenvalue weighted by atomic mass is 32.1. The number of hydrogen-bond donors (Lipinski definition) is 2. The van der Waals surface area contributed by atoms with Crippen LogP contribution in [0.3, 0.4) is 0 Å². The molecule has 28 heavy (non-hydrogen) atoms. The Labute approximate surface area is 171 Å². The minimum Gasteiger partial charge on any atom is -0.356 e. The molecule has 0 radical (unpaired) electrons. The molecule has 2 aromatic heterocycles. The second-order valence-electron chi connectivity index (χ2n) is 6.97. The van der Waals surface area contributed by atoms with E-state index < -0.39 is 0 Å². The van der Waals surface area contributed by atoms with Gasteiger partial charge in [-0.05, 0) is 35.8 Å². The summed E-state index contributed by atoms with van der Waals surface area (Å²) >= 11 is 1.82. The second kappa shape index (κ2) is 10.7. The Morgan fingerprint density at radius 2 is 2.04 bits per heavy atom. The van der Waals surface area contributed by atoms with Crippen molar-refractivity contribution in [3.05, 3.63) is 76.5 Å². The van der Waals surface area contributed by atoms with Gasteiger partial charge in [-0.25, -0.2) is 4.98 Å². The average Bonchev–Trinajstić information content (AvgIpc) is 3.39. The van der Waals surface area contributed by atoms with Gasteiger partial charge in [0.1, 0.15) is 5.82 Å². The fourth-order valence-corrected chi connectivity index (χ4v) is 3.97. The Balaban J connectivity index is 1.44. The summed E-state index contributed by atoms with van der Waals surface area (Å²) in [4.78, 5) is 10.3. The number of guanidine groups is 1. The maximum Gasteiger partial charge on any atom is 0.191 e. The van der Waals surface area contributed by atoms with Crippen molar-refractivity contribution < 1.29 is 0 Å². The van der Waals surface area contributed by atoms with E-state index in [1.165, 1.54) is 10.4 Å². The summed E-state index contributed by atoms with van der Waals surface area (Å²) in [5, 5.41) is 8.95. The zero-order valence-corrected chi connectivity index (χ0v) is 17.5. The molecule has 0 spiro atoms. The molecule has 0 aliphatic carbocycles. The normalized spacial score (nSPS) is 12.7. The summed E-state index contributed by atoms with van der Waals surface area (Å²) in [5.74, 6) is 2.38. The van der Waals surface area contributed by atoms with E-state index in [0.717, 1.165) is 37.7 Å². The van der Waals surface area contributed by atoms with E-state index in [2.05, 4.69) is 79.9 Å². The predicted octanol–water partition coefficient (Wildman–Crippen LogP) is 3.73. The highest BCUT2D eigenvalue weighted by Crippen LogP contribution is 2.13. The van der Waals surface area contributed by atoms with E-state index in [0.29, 0.717) is 12.5 Å². The SMILES string of the molecule is CN=C(NCc1nccn1CCc1ccccc1)NCC(C)Cc1cccs1. The first-order valence-electron chi connectivity index (χ1n) is 9.75. The van der Waals surface area contributed by atoms with Crippen LogP contribution < -0.4 is 10.6 Å². The molecule has 2 N–H and O–H groups in total. The minimum atomic E-state index is 0.546. The highest BCUT2D eigenvalue weighted by molar-refractivity contribution is 7.09. The van der Waals surface area contributed by atoms with Crippen LogP contribution in [0.5, 0.6) is 0 Å². The number of benzene rings is 1. The Morgan fingerprint density at radius 3 is 2.79 bits per heavy atom. The van der Waals surface area contributed by atoms with E-state index in [-0.39, 0.29) is 0 Å². The van der Waals surface area contributed by atoms with Crippen LogP contribution >= 0.6 is 11.3 Å². The number of aryl methyl sites for hydroxylation is 2. The van der Waals surface area contributed by atoms with E-state index >= 15 is 0 Å². The van der Waals surface area contributed by atoms with Crippen LogP contribution in [0.2, 0.25) is 0 Å². The number of aromatic nitrogens is 2. The molecule has 3 rings (SSSR count). The summed E-state index contributed by atoms with van der Waals surface area (Å²) in [5.41, 5.74) is 1.34. The standard InChI is InChI=1S/C22H29N5S/c1-18(15-20-9-6-14-28-20)16-25-22(23-2)26-17-21-24-11-13-27(21)12-10-19-7-4-3-5-8-19/h3-9,11,13-14,18H,10,12,15-17H2,1-2H3,(H2,23,25,26). The molecule has 3 aromatic rings. The number of imidazole rings is 1. The van der Waals surface area contributed by atoms with E-state index in [9.17, 15) is 0 Å². The van der Waals surface area contributed by atoms with Gasteiger partial charge in [0.2, 0.25) is 0 Å². The number of nitrogens with one attached hydrogen (secondary N) is 2. The van der Waals surface area contributed by atoms with Gasteiger partial charge in [0.15, 0.2) is 5.96 Å². The summed E-state index contributed by atoms with van der Waals surface area (Å²) in [6, 6.07) is 14.9. The maximum absolute atomic E-state index is 4.50. The van der Waals surface area contributed by atoms with Crippen molar-refractivity contribution >= 4 is 17.3 Å². The van der Waals surface area contributed by atoms with Crippen LogP contribution in [0.4, 0.5) is 0 Å². The van der Waals surface area contributed by atoms with Crippen LogP contribution in [0.1, 0.15) is 23.2 Å². The number of nitrogens with zero attached hydrogens (tertiary/aromatic N) is 3. The third-order valence-corrected chi connectivity index (χ3v) is 5.57. The van der Waals surface area contributed by atoms with Crippen LogP contribution in [0, 0.1) is 5.92 Å². The smallest absolute Gasteiger partial charge is 0.191 e. The molecule has 0 saturated carbocycles. The lowest BCUT2D eigenvalue weighted by Gasteiger charge is -2.16. The maximum atomic E-state index is 4.50. The van der Waals surface area contributed by atoms with E-state index in [1.54, 1.807) is 7.05 Å². The lowest BCUT2D eigenvalue weighted by molar-refractivity contribution is 0.559. The fraction of sp³-hybridized carbons (Fsp3) is 0.364. The van der Waals surface area contributed by atoms with Crippen molar-refractivity contribution in [1.29, 1.82) is 0 Å². The average molecular weight is 396 g/mol. The zero-order chi connectivity index (χ0) is 19.6. The number of hydrogen-bond acceptors (Lipinski definition) is 3. The molecule has 0 bridgehead atoms. The monoisotopic (exact) mass is 395 g/mol. The van der Waals surface area contributed by atoms with Crippen molar-refractivity contribution in [1.82, 2.24) is 20.2 Å². The number of thiophene rings is 1. The lowest BCUT2D eigenvalue weighted by atomic mass is 10.1. The topological polar surface area (TPSA) is 54.2 Å². The van der Waals surface area contributed by atoms with Crippen LogP contribution in [0.15, 0.2) is 65.2 Å². The van der Waals surface area contributed by atoms with E-state index in [4.69, 9.17) is 0 Å². The molecule has 1 unspecified atom stereocenters. The lowest BCUT2D eigenvalue weighted by Crippen LogP contribution is -2.39. The molecule has 6 heteroatoms. The van der Waals surface area contributed by atoms with Gasteiger partial charge in [-0.3, -0.25) is 4.99 Å². The zero-order valence-electron chi connectivity index (χ0n) is 16.6. The molecule has 0 amide bonds. The van der Waals surface area contributed by atoms with Gasteiger partial charge in [0, 0.05) is 37.4 Å². The molecule has 0 aliphatic heterocycles. The Bertz CT molecular complexity index is 839. The molecule has 0 aliphatic rings. The van der Waals surface area contributed by atoms with E-state index in [1.807, 2.05) is 23.7 Å². The summed E-state index contributed by atoms with van der Waals surface area (Å²) in [6.45, 7) is 4.72. The number of rotatable bonds is 9. The quantitative estimate of drug-likeness (QED) is 0.429. The van der Waals surface area contributed by atoms with Crippen LogP contribution in [0.25, 0.3) is 0 Å². The van der Waals surface area contributed by atoms with Gasteiger partial charge in [0.25, 0.3) is 0 Å². The first-order valence-corrected chi connectivity index (χ1v) is 10.6. The first-order chi connectivity index (χ1) is 13.7. The van der Waals surface area contributed by atoms with Crippen molar-refractivity contribution in [2.45, 2.75) is 32.9 Å². The van der Waals surface area contributed by atoms with Crippen LogP contribution in [-0.2, 0) is 25.9 Å². The summed E-state index contributed by atoms with van der Waals surface area (Å²) < 4.78 is 2.20. The van der Waals surface area contributed by atoms with Crippen molar-refractivity contribution in [2.24, 2.45) is 10.9 Å². The first kappa shape index (κ1) is 20.1. The summed E-state index contributed by atoms with van der Waals surface area (Å²) in [6.07, 6.45) is 5.99. The molecule has 5 nitrogen and oxygen atoms in total. The fourth-order valence-electron chi connectivity index (χ4n) is 3.10. The molecular formula is C22H29N5S. The van der Waals surface area contributed by atoms with Gasteiger partial charge < -0.3 is 15.2 Å². The van der Waals surface area contributed by atoms with Gasteiger partial charge in [0.05, 0.1) is 6.54 Å². The minimum absolute atomic E-state index is 0.546. The van der Waals surface area contributed by atoms with Gasteiger partial charge >= 0.3 is 0 Å². The van der Waals surface area contributed by atoms with Crippen molar-refractivity contribution in [2.75, 3.05) is 13.6 Å². The molecule has 1 aromatic carbocycles. The highest BCUT2D eigenvalue weighted by Gasteiger charge is 2.08. The Kier molecular flexibility index (Phi) is 7.67. The van der Waals surface area contributed by atoms with Gasteiger partial charge in [-0.2, -0.15) is 0 Å². The van der Waals surface area contributed by atoms with Crippen molar-refractivity contribution in [3.63, 3.8) is 0 Å².